The van der Waals surface area contributed by atoms with Gasteiger partial charge < -0.3 is 4.42 Å². The maximum absolute atomic E-state index is 12.2. The van der Waals surface area contributed by atoms with Gasteiger partial charge in [0.15, 0.2) is 0 Å². The lowest BCUT2D eigenvalue weighted by molar-refractivity contribution is 0.559. The van der Waals surface area contributed by atoms with Crippen LogP contribution in [0.15, 0.2) is 55.8 Å². The number of aryl methyl sites for hydroxylation is 2. The normalized spacial score (nSPS) is 14.6. The third-order valence-electron chi connectivity index (χ3n) is 3.74. The molecular weight excluding hydrogens is 324 g/mol. The Balaban J connectivity index is 1.75. The predicted octanol–water partition coefficient (Wildman–Crippen LogP) is 2.96. The van der Waals surface area contributed by atoms with Gasteiger partial charge >= 0.3 is 5.63 Å². The number of benzene rings is 1. The molecule has 7 heteroatoms. The number of hydrogen-bond donors (Lipinski definition) is 0. The highest BCUT2D eigenvalue weighted by Crippen LogP contribution is 2.19. The van der Waals surface area contributed by atoms with Crippen LogP contribution in [0, 0.1) is 13.8 Å². The van der Waals surface area contributed by atoms with Crippen LogP contribution in [-0.4, -0.2) is 26.4 Å². The summed E-state index contributed by atoms with van der Waals surface area (Å²) in [6.07, 6.45) is 0. The van der Waals surface area contributed by atoms with Crippen molar-refractivity contribution >= 4 is 33.6 Å². The third kappa shape index (κ3) is 2.56. The van der Waals surface area contributed by atoms with Crippen LogP contribution in [0.4, 0.5) is 0 Å². The van der Waals surface area contributed by atoms with Gasteiger partial charge in [-0.05, 0) is 32.0 Å². The van der Waals surface area contributed by atoms with Gasteiger partial charge in [0.05, 0.1) is 17.0 Å². The van der Waals surface area contributed by atoms with Crippen molar-refractivity contribution in [3.63, 3.8) is 0 Å². The van der Waals surface area contributed by atoms with E-state index in [-0.39, 0.29) is 0 Å². The van der Waals surface area contributed by atoms with Crippen molar-refractivity contribution in [1.82, 2.24) is 9.78 Å². The van der Waals surface area contributed by atoms with Crippen molar-refractivity contribution in [1.29, 1.82) is 0 Å². The Kier molecular flexibility index (Phi) is 3.57. The van der Waals surface area contributed by atoms with Crippen LogP contribution in [0.3, 0.4) is 0 Å². The van der Waals surface area contributed by atoms with Gasteiger partial charge in [-0.25, -0.2) is 9.48 Å². The van der Waals surface area contributed by atoms with Crippen molar-refractivity contribution in [2.75, 3.05) is 5.75 Å². The van der Waals surface area contributed by atoms with Crippen LogP contribution in [0.25, 0.3) is 11.0 Å². The first-order chi connectivity index (χ1) is 11.6. The topological polar surface area (TPSA) is 72.8 Å². The first-order valence-electron chi connectivity index (χ1n) is 7.46. The van der Waals surface area contributed by atoms with Crippen molar-refractivity contribution in [2.24, 2.45) is 10.2 Å². The summed E-state index contributed by atoms with van der Waals surface area (Å²) in [7, 11) is 0. The summed E-state index contributed by atoms with van der Waals surface area (Å²) in [6, 6.07) is 11.2. The smallest absolute Gasteiger partial charge is 0.345 e. The van der Waals surface area contributed by atoms with E-state index in [1.165, 1.54) is 11.8 Å². The molecule has 0 saturated heterocycles. The molecule has 0 atom stereocenters. The fourth-order valence-electron chi connectivity index (χ4n) is 2.61. The van der Waals surface area contributed by atoms with Gasteiger partial charge in [0, 0.05) is 16.8 Å². The molecular formula is C17H14N4O2S. The van der Waals surface area contributed by atoms with Gasteiger partial charge in [-0.1, -0.05) is 30.0 Å². The van der Waals surface area contributed by atoms with E-state index in [0.29, 0.717) is 27.8 Å². The Morgan fingerprint density at radius 2 is 2.00 bits per heavy atom. The second-order valence-electron chi connectivity index (χ2n) is 5.54. The lowest BCUT2D eigenvalue weighted by Crippen LogP contribution is -2.22. The van der Waals surface area contributed by atoms with Gasteiger partial charge in [-0.3, -0.25) is 0 Å². The quantitative estimate of drug-likeness (QED) is 0.640. The van der Waals surface area contributed by atoms with E-state index in [2.05, 4.69) is 15.3 Å². The molecule has 1 aliphatic heterocycles. The number of thioether (sulfide) groups is 1. The molecule has 4 rings (SSSR count). The molecule has 0 fully saturated rings. The molecule has 0 amide bonds. The SMILES string of the molecule is Cc1cc(C)n(C2=NN=C(c3cc4ccccc4oc3=O)CS2)n1. The standard InChI is InChI=1S/C17H14N4O2S/c1-10-7-11(2)21(20-10)17-19-18-14(9-24-17)13-8-12-5-3-4-6-15(12)23-16(13)22/h3-8H,9H2,1-2H3. The highest BCUT2D eigenvalue weighted by molar-refractivity contribution is 8.14. The monoisotopic (exact) mass is 338 g/mol. The number of hydrogen-bond acceptors (Lipinski definition) is 6. The molecule has 24 heavy (non-hydrogen) atoms. The van der Waals surface area contributed by atoms with Crippen LogP contribution in [-0.2, 0) is 0 Å². The van der Waals surface area contributed by atoms with E-state index in [1.54, 1.807) is 10.7 Å². The summed E-state index contributed by atoms with van der Waals surface area (Å²) < 4.78 is 7.14. The zero-order chi connectivity index (χ0) is 16.7. The maximum atomic E-state index is 12.2. The first-order valence-corrected chi connectivity index (χ1v) is 8.44. The average Bonchev–Trinajstić information content (AvgIpc) is 2.93. The van der Waals surface area contributed by atoms with E-state index >= 15 is 0 Å². The Morgan fingerprint density at radius 3 is 2.71 bits per heavy atom. The molecule has 0 N–H and O–H groups in total. The van der Waals surface area contributed by atoms with Crippen LogP contribution in [0.5, 0.6) is 0 Å². The maximum Gasteiger partial charge on any atom is 0.345 e. The lowest BCUT2D eigenvalue weighted by Gasteiger charge is -2.12. The van der Waals surface area contributed by atoms with E-state index in [0.717, 1.165) is 16.8 Å². The zero-order valence-electron chi connectivity index (χ0n) is 13.2. The van der Waals surface area contributed by atoms with Gasteiger partial charge in [0.2, 0.25) is 5.17 Å². The fourth-order valence-corrected chi connectivity index (χ4v) is 3.50. The molecule has 6 nitrogen and oxygen atoms in total. The average molecular weight is 338 g/mol. The van der Waals surface area contributed by atoms with Gasteiger partial charge in [0.25, 0.3) is 0 Å². The Morgan fingerprint density at radius 1 is 1.17 bits per heavy atom. The molecule has 3 heterocycles. The summed E-state index contributed by atoms with van der Waals surface area (Å²) >= 11 is 1.50. The summed E-state index contributed by atoms with van der Waals surface area (Å²) in [5, 5.41) is 14.5. The van der Waals surface area contributed by atoms with Crippen LogP contribution in [0.2, 0.25) is 0 Å². The van der Waals surface area contributed by atoms with E-state index in [9.17, 15) is 4.79 Å². The summed E-state index contributed by atoms with van der Waals surface area (Å²) in [5.74, 6) is 0.542. The van der Waals surface area contributed by atoms with Crippen LogP contribution < -0.4 is 5.63 Å². The van der Waals surface area contributed by atoms with Crippen molar-refractivity contribution in [3.8, 4) is 0 Å². The largest absolute Gasteiger partial charge is 0.422 e. The molecule has 0 unspecified atom stereocenters. The number of nitrogens with zero attached hydrogens (tertiary/aromatic N) is 4. The summed E-state index contributed by atoms with van der Waals surface area (Å²) in [4.78, 5) is 12.2. The minimum Gasteiger partial charge on any atom is -0.422 e. The van der Waals surface area contributed by atoms with Gasteiger partial charge in [0.1, 0.15) is 5.58 Å². The highest BCUT2D eigenvalue weighted by atomic mass is 32.2. The minimum atomic E-state index is -0.391. The Hall–Kier alpha value is -2.67. The fraction of sp³-hybridized carbons (Fsp3) is 0.176. The molecule has 0 aliphatic carbocycles. The molecule has 0 spiro atoms. The van der Waals surface area contributed by atoms with Crippen molar-refractivity contribution < 1.29 is 4.42 Å². The predicted molar refractivity (Wildman–Crippen MR) is 96.0 cm³/mol. The molecule has 120 valence electrons. The molecule has 1 aliphatic rings. The van der Waals surface area contributed by atoms with Crippen LogP contribution >= 0.6 is 11.8 Å². The summed E-state index contributed by atoms with van der Waals surface area (Å²) in [6.45, 7) is 3.91. The highest BCUT2D eigenvalue weighted by Gasteiger charge is 2.19. The Bertz CT molecular complexity index is 1060. The second kappa shape index (κ2) is 5.76. The number of para-hydroxylation sites is 1. The van der Waals surface area contributed by atoms with Crippen molar-refractivity contribution in [3.05, 3.63) is 63.8 Å². The van der Waals surface area contributed by atoms with Gasteiger partial charge in [-0.2, -0.15) is 10.2 Å². The molecule has 0 radical (unpaired) electrons. The first kappa shape index (κ1) is 14.9. The molecule has 0 bridgehead atoms. The van der Waals surface area contributed by atoms with E-state index in [1.807, 2.05) is 44.2 Å². The summed E-state index contributed by atoms with van der Waals surface area (Å²) in [5.41, 5.74) is 3.19. The third-order valence-corrected chi connectivity index (χ3v) is 4.67. The molecule has 1 aromatic carbocycles. The number of rotatable bonds is 1. The molecule has 0 saturated carbocycles. The van der Waals surface area contributed by atoms with Crippen molar-refractivity contribution in [2.45, 2.75) is 13.8 Å². The molecule has 3 aromatic rings. The number of aromatic nitrogens is 2. The number of fused-ring (bicyclic) bond motifs is 1. The zero-order valence-corrected chi connectivity index (χ0v) is 14.0. The molecule has 2 aromatic heterocycles. The Labute approximate surface area is 141 Å². The van der Waals surface area contributed by atoms with E-state index < -0.39 is 5.63 Å². The second-order valence-corrected chi connectivity index (χ2v) is 6.48. The van der Waals surface area contributed by atoms with Crippen LogP contribution in [0.1, 0.15) is 17.0 Å². The van der Waals surface area contributed by atoms with Gasteiger partial charge in [-0.15, -0.1) is 5.10 Å². The minimum absolute atomic E-state index is 0.391. The van der Waals surface area contributed by atoms with E-state index in [4.69, 9.17) is 4.42 Å². The lowest BCUT2D eigenvalue weighted by atomic mass is 10.1.